The Morgan fingerprint density at radius 2 is 1.69 bits per heavy atom. The fourth-order valence-electron chi connectivity index (χ4n) is 3.44. The van der Waals surface area contributed by atoms with Crippen LogP contribution in [-0.4, -0.2) is 30.6 Å². The second kappa shape index (κ2) is 10.7. The van der Waals surface area contributed by atoms with Crippen molar-refractivity contribution in [2.45, 2.75) is 0 Å². The summed E-state index contributed by atoms with van der Waals surface area (Å²) in [7, 11) is 1.51. The van der Waals surface area contributed by atoms with E-state index in [1.165, 1.54) is 18.1 Å². The first-order valence-electron chi connectivity index (χ1n) is 10.7. The highest BCUT2D eigenvalue weighted by Crippen LogP contribution is 2.34. The summed E-state index contributed by atoms with van der Waals surface area (Å²) >= 11 is 5.30. The van der Waals surface area contributed by atoms with E-state index < -0.39 is 11.8 Å². The quantitative estimate of drug-likeness (QED) is 0.212. The smallest absolute Gasteiger partial charge is 0.270 e. The summed E-state index contributed by atoms with van der Waals surface area (Å²) in [5.74, 6) is 0.979. The number of methoxy groups -OCH3 is 1. The van der Waals surface area contributed by atoms with Gasteiger partial charge in [0.15, 0.2) is 16.6 Å². The summed E-state index contributed by atoms with van der Waals surface area (Å²) in [6, 6.07) is 21.4. The van der Waals surface area contributed by atoms with Crippen LogP contribution in [0.5, 0.6) is 23.0 Å². The Bertz CT molecular complexity index is 1300. The molecule has 176 valence electrons. The number of thiocarbonyl (C=S) groups is 1. The van der Waals surface area contributed by atoms with Crippen LogP contribution in [-0.2, 0) is 9.59 Å². The maximum atomic E-state index is 13.4. The Morgan fingerprint density at radius 1 is 0.971 bits per heavy atom. The number of benzene rings is 3. The zero-order valence-electron chi connectivity index (χ0n) is 18.9. The number of amides is 2. The second-order valence-corrected chi connectivity index (χ2v) is 7.73. The molecule has 8 heteroatoms. The average Bonchev–Trinajstić information content (AvgIpc) is 2.87. The molecule has 0 unspecified atom stereocenters. The van der Waals surface area contributed by atoms with Crippen molar-refractivity contribution in [2.24, 2.45) is 0 Å². The molecule has 1 aliphatic heterocycles. The Hall–Kier alpha value is -4.43. The van der Waals surface area contributed by atoms with Gasteiger partial charge < -0.3 is 14.2 Å². The molecule has 0 spiro atoms. The molecule has 0 atom stereocenters. The summed E-state index contributed by atoms with van der Waals surface area (Å²) in [4.78, 5) is 27.4. The minimum absolute atomic E-state index is 0.0114. The Balaban J connectivity index is 1.64. The van der Waals surface area contributed by atoms with E-state index in [2.05, 4.69) is 11.9 Å². The molecule has 3 aromatic rings. The lowest BCUT2D eigenvalue weighted by Crippen LogP contribution is -2.54. The molecule has 4 rings (SSSR count). The third-order valence-electron chi connectivity index (χ3n) is 5.05. The number of rotatable bonds is 8. The van der Waals surface area contributed by atoms with Crippen LogP contribution < -0.4 is 24.4 Å². The van der Waals surface area contributed by atoms with Gasteiger partial charge in [0, 0.05) is 5.56 Å². The van der Waals surface area contributed by atoms with Gasteiger partial charge >= 0.3 is 0 Å². The minimum atomic E-state index is -0.599. The molecule has 1 fully saturated rings. The lowest BCUT2D eigenvalue weighted by atomic mass is 10.1. The van der Waals surface area contributed by atoms with Crippen molar-refractivity contribution < 1.29 is 23.8 Å². The molecule has 1 saturated heterocycles. The number of carbonyl (C=O) groups is 2. The number of nitrogens with one attached hydrogen (secondary N) is 1. The summed E-state index contributed by atoms with van der Waals surface area (Å²) in [5.41, 5.74) is 0.893. The molecule has 1 heterocycles. The van der Waals surface area contributed by atoms with Gasteiger partial charge in [-0.2, -0.15) is 0 Å². The zero-order chi connectivity index (χ0) is 24.8. The van der Waals surface area contributed by atoms with Crippen molar-refractivity contribution in [1.29, 1.82) is 0 Å². The van der Waals surface area contributed by atoms with Gasteiger partial charge in [-0.05, 0) is 60.8 Å². The van der Waals surface area contributed by atoms with Gasteiger partial charge in [-0.1, -0.05) is 43.0 Å². The maximum absolute atomic E-state index is 13.4. The van der Waals surface area contributed by atoms with Crippen molar-refractivity contribution in [3.8, 4) is 23.0 Å². The SMILES string of the molecule is C=CCOc1c(/C=C2\C(=O)NC(=S)N(c3ccc(Oc4ccccc4)cc3)C2=O)cccc1OC. The first-order chi connectivity index (χ1) is 17.0. The van der Waals surface area contributed by atoms with Crippen LogP contribution in [0, 0.1) is 0 Å². The standard InChI is InChI=1S/C27H22N2O5S/c1-3-16-33-24-18(8-7-11-23(24)32-2)17-22-25(30)28-27(35)29(26(22)31)19-12-14-21(15-13-19)34-20-9-5-4-6-10-20/h3-15,17H,1,16H2,2H3,(H,28,30,35)/b22-17+. The van der Waals surface area contributed by atoms with Gasteiger partial charge in [0.1, 0.15) is 23.7 Å². The number of para-hydroxylation sites is 2. The molecular weight excluding hydrogens is 464 g/mol. The van der Waals surface area contributed by atoms with Crippen LogP contribution in [0.25, 0.3) is 6.08 Å². The van der Waals surface area contributed by atoms with Gasteiger partial charge in [-0.3, -0.25) is 19.8 Å². The lowest BCUT2D eigenvalue weighted by Gasteiger charge is -2.29. The van der Waals surface area contributed by atoms with E-state index in [-0.39, 0.29) is 17.3 Å². The Morgan fingerprint density at radius 3 is 2.37 bits per heavy atom. The monoisotopic (exact) mass is 486 g/mol. The molecule has 0 bridgehead atoms. The highest BCUT2D eigenvalue weighted by Gasteiger charge is 2.34. The normalized spacial score (nSPS) is 14.5. The summed E-state index contributed by atoms with van der Waals surface area (Å²) in [5, 5.41) is 2.57. The number of carbonyl (C=O) groups excluding carboxylic acids is 2. The van der Waals surface area contributed by atoms with Gasteiger partial charge in [-0.15, -0.1) is 0 Å². The zero-order valence-corrected chi connectivity index (χ0v) is 19.7. The van der Waals surface area contributed by atoms with Gasteiger partial charge in [-0.25, -0.2) is 0 Å². The molecular formula is C27H22N2O5S. The Labute approximate surface area is 208 Å². The molecule has 35 heavy (non-hydrogen) atoms. The lowest BCUT2D eigenvalue weighted by molar-refractivity contribution is -0.122. The molecule has 7 nitrogen and oxygen atoms in total. The third kappa shape index (κ3) is 5.23. The fraction of sp³-hybridized carbons (Fsp3) is 0.0741. The molecule has 0 radical (unpaired) electrons. The van der Waals surface area contributed by atoms with E-state index in [1.807, 2.05) is 30.3 Å². The third-order valence-corrected chi connectivity index (χ3v) is 5.33. The summed E-state index contributed by atoms with van der Waals surface area (Å²) in [6.45, 7) is 3.88. The van der Waals surface area contributed by atoms with Crippen molar-refractivity contribution in [3.63, 3.8) is 0 Å². The maximum Gasteiger partial charge on any atom is 0.270 e. The largest absolute Gasteiger partial charge is 0.493 e. The van der Waals surface area contributed by atoms with E-state index in [0.717, 1.165) is 0 Å². The molecule has 1 aliphatic rings. The molecule has 0 saturated carbocycles. The number of hydrogen-bond donors (Lipinski definition) is 1. The number of anilines is 1. The fourth-order valence-corrected chi connectivity index (χ4v) is 3.72. The van der Waals surface area contributed by atoms with Crippen LogP contribution in [0.4, 0.5) is 5.69 Å². The van der Waals surface area contributed by atoms with Crippen molar-refractivity contribution in [3.05, 3.63) is 96.6 Å². The van der Waals surface area contributed by atoms with Crippen LogP contribution in [0.3, 0.4) is 0 Å². The first kappa shape index (κ1) is 23.7. The molecule has 0 aromatic heterocycles. The van der Waals surface area contributed by atoms with E-state index in [0.29, 0.717) is 34.2 Å². The predicted octanol–water partition coefficient (Wildman–Crippen LogP) is 4.88. The highest BCUT2D eigenvalue weighted by molar-refractivity contribution is 7.80. The van der Waals surface area contributed by atoms with Crippen LogP contribution in [0.15, 0.2) is 91.0 Å². The van der Waals surface area contributed by atoms with Crippen molar-refractivity contribution >= 4 is 40.9 Å². The molecule has 2 amide bonds. The van der Waals surface area contributed by atoms with Crippen LogP contribution >= 0.6 is 12.2 Å². The van der Waals surface area contributed by atoms with E-state index in [9.17, 15) is 9.59 Å². The van der Waals surface area contributed by atoms with Crippen molar-refractivity contribution in [1.82, 2.24) is 5.32 Å². The summed E-state index contributed by atoms with van der Waals surface area (Å²) < 4.78 is 16.9. The van der Waals surface area contributed by atoms with Crippen LogP contribution in [0.2, 0.25) is 0 Å². The molecule has 3 aromatic carbocycles. The van der Waals surface area contributed by atoms with E-state index >= 15 is 0 Å². The minimum Gasteiger partial charge on any atom is -0.493 e. The second-order valence-electron chi connectivity index (χ2n) is 7.35. The van der Waals surface area contributed by atoms with Gasteiger partial charge in [0.2, 0.25) is 0 Å². The Kier molecular flexibility index (Phi) is 7.23. The van der Waals surface area contributed by atoms with Gasteiger partial charge in [0.25, 0.3) is 11.8 Å². The van der Waals surface area contributed by atoms with Gasteiger partial charge in [0.05, 0.1) is 12.8 Å². The highest BCUT2D eigenvalue weighted by atomic mass is 32.1. The number of ether oxygens (including phenoxy) is 3. The predicted molar refractivity (Wildman–Crippen MR) is 138 cm³/mol. The van der Waals surface area contributed by atoms with Crippen LogP contribution in [0.1, 0.15) is 5.56 Å². The number of nitrogens with zero attached hydrogens (tertiary/aromatic N) is 1. The molecule has 0 aliphatic carbocycles. The average molecular weight is 487 g/mol. The molecule has 1 N–H and O–H groups in total. The van der Waals surface area contributed by atoms with E-state index in [4.69, 9.17) is 26.4 Å². The van der Waals surface area contributed by atoms with E-state index in [1.54, 1.807) is 48.5 Å². The summed E-state index contributed by atoms with van der Waals surface area (Å²) in [6.07, 6.45) is 3.05. The number of hydrogen-bond acceptors (Lipinski definition) is 6. The van der Waals surface area contributed by atoms with Crippen molar-refractivity contribution in [2.75, 3.05) is 18.6 Å². The topological polar surface area (TPSA) is 77.1 Å². The first-order valence-corrected chi connectivity index (χ1v) is 11.1.